The van der Waals surface area contributed by atoms with Crippen LogP contribution in [0.2, 0.25) is 0 Å². The van der Waals surface area contributed by atoms with E-state index in [0.717, 1.165) is 5.56 Å². The highest BCUT2D eigenvalue weighted by molar-refractivity contribution is 5.79. The molecule has 0 saturated carbocycles. The minimum atomic E-state index is 0.0165. The van der Waals surface area contributed by atoms with Crippen LogP contribution in [0.1, 0.15) is 33.3 Å². The van der Waals surface area contributed by atoms with Crippen molar-refractivity contribution in [2.24, 2.45) is 0 Å². The first-order chi connectivity index (χ1) is 11.8. The number of benzene rings is 2. The number of phenolic OH excluding ortho intramolecular Hbond substituents is 1. The Balaban J connectivity index is 2.11. The Morgan fingerprint density at radius 1 is 0.880 bits per heavy atom. The van der Waals surface area contributed by atoms with Gasteiger partial charge in [0.1, 0.15) is 22.5 Å². The zero-order chi connectivity index (χ0) is 18.1. The number of phenols is 1. The highest BCUT2D eigenvalue weighted by Crippen LogP contribution is 2.33. The standard InChI is InChI=1S/C19H23N3O3/c1-11(2)24-18-9-14-15(10-19(18)25-12(3)4)21-22(20-14)16-8-13(5)6-7-17(16)23/h6-12,23H,1-5H3. The van der Waals surface area contributed by atoms with Gasteiger partial charge in [-0.15, -0.1) is 15.0 Å². The van der Waals surface area contributed by atoms with Crippen molar-refractivity contribution in [1.82, 2.24) is 15.0 Å². The van der Waals surface area contributed by atoms with Crippen molar-refractivity contribution < 1.29 is 14.6 Å². The maximum Gasteiger partial charge on any atom is 0.163 e. The summed E-state index contributed by atoms with van der Waals surface area (Å²) in [7, 11) is 0. The molecule has 2 aromatic carbocycles. The van der Waals surface area contributed by atoms with Crippen LogP contribution in [-0.2, 0) is 0 Å². The van der Waals surface area contributed by atoms with Crippen LogP contribution in [0.25, 0.3) is 16.7 Å². The lowest BCUT2D eigenvalue weighted by atomic mass is 10.2. The molecule has 25 heavy (non-hydrogen) atoms. The average Bonchev–Trinajstić information content (AvgIpc) is 2.91. The number of nitrogens with zero attached hydrogens (tertiary/aromatic N) is 3. The number of hydrogen-bond acceptors (Lipinski definition) is 5. The first-order valence-corrected chi connectivity index (χ1v) is 8.38. The Labute approximate surface area is 147 Å². The summed E-state index contributed by atoms with van der Waals surface area (Å²) < 4.78 is 11.7. The number of rotatable bonds is 5. The monoisotopic (exact) mass is 341 g/mol. The molecule has 3 aromatic rings. The topological polar surface area (TPSA) is 69.4 Å². The van der Waals surface area contributed by atoms with Crippen molar-refractivity contribution in [3.63, 3.8) is 0 Å². The zero-order valence-electron chi connectivity index (χ0n) is 15.1. The normalized spacial score (nSPS) is 11.5. The van der Waals surface area contributed by atoms with Gasteiger partial charge in [0.25, 0.3) is 0 Å². The average molecular weight is 341 g/mol. The summed E-state index contributed by atoms with van der Waals surface area (Å²) in [6.07, 6.45) is 0.0330. The molecule has 0 aliphatic rings. The fourth-order valence-corrected chi connectivity index (χ4v) is 2.52. The first-order valence-electron chi connectivity index (χ1n) is 8.38. The van der Waals surface area contributed by atoms with Crippen LogP contribution >= 0.6 is 0 Å². The van der Waals surface area contributed by atoms with E-state index in [2.05, 4.69) is 10.2 Å². The summed E-state index contributed by atoms with van der Waals surface area (Å²) in [6, 6.07) is 8.96. The van der Waals surface area contributed by atoms with Gasteiger partial charge in [-0.3, -0.25) is 0 Å². The number of aryl methyl sites for hydroxylation is 1. The molecule has 132 valence electrons. The predicted octanol–water partition coefficient (Wildman–Crippen LogP) is 4.01. The van der Waals surface area contributed by atoms with Crippen LogP contribution in [-0.4, -0.2) is 32.3 Å². The molecule has 0 aliphatic heterocycles. The molecular formula is C19H23N3O3. The third kappa shape index (κ3) is 3.68. The largest absolute Gasteiger partial charge is 0.506 e. The lowest BCUT2D eigenvalue weighted by Gasteiger charge is -2.16. The minimum absolute atomic E-state index is 0.0165. The summed E-state index contributed by atoms with van der Waals surface area (Å²) in [4.78, 5) is 1.44. The van der Waals surface area contributed by atoms with E-state index >= 15 is 0 Å². The maximum atomic E-state index is 10.1. The highest BCUT2D eigenvalue weighted by Gasteiger charge is 2.16. The molecule has 0 radical (unpaired) electrons. The van der Waals surface area contributed by atoms with Crippen LogP contribution in [0.4, 0.5) is 0 Å². The fourth-order valence-electron chi connectivity index (χ4n) is 2.52. The number of aromatic nitrogens is 3. The zero-order valence-corrected chi connectivity index (χ0v) is 15.1. The molecule has 0 saturated heterocycles. The number of ether oxygens (including phenoxy) is 2. The second-order valence-electron chi connectivity index (χ2n) is 6.60. The summed E-state index contributed by atoms with van der Waals surface area (Å²) in [5.74, 6) is 1.40. The SMILES string of the molecule is Cc1ccc(O)c(-n2nc3cc(OC(C)C)c(OC(C)C)cc3n2)c1. The molecule has 1 heterocycles. The number of fused-ring (bicyclic) bond motifs is 1. The predicted molar refractivity (Wildman–Crippen MR) is 96.8 cm³/mol. The van der Waals surface area contributed by atoms with E-state index in [4.69, 9.17) is 9.47 Å². The van der Waals surface area contributed by atoms with Gasteiger partial charge >= 0.3 is 0 Å². The number of aromatic hydroxyl groups is 1. The number of hydrogen-bond donors (Lipinski definition) is 1. The second-order valence-corrected chi connectivity index (χ2v) is 6.60. The van der Waals surface area contributed by atoms with Gasteiger partial charge in [0.15, 0.2) is 11.5 Å². The molecule has 6 heteroatoms. The van der Waals surface area contributed by atoms with Crippen LogP contribution < -0.4 is 9.47 Å². The van der Waals surface area contributed by atoms with E-state index in [9.17, 15) is 5.11 Å². The molecule has 0 spiro atoms. The molecule has 0 aliphatic carbocycles. The van der Waals surface area contributed by atoms with Gasteiger partial charge in [-0.2, -0.15) is 0 Å². The molecule has 0 bridgehead atoms. The molecule has 6 nitrogen and oxygen atoms in total. The van der Waals surface area contributed by atoms with Gasteiger partial charge in [0.2, 0.25) is 0 Å². The van der Waals surface area contributed by atoms with Crippen molar-refractivity contribution in [2.75, 3.05) is 0 Å². The van der Waals surface area contributed by atoms with Crippen molar-refractivity contribution >= 4 is 11.0 Å². The second kappa shape index (κ2) is 6.63. The van der Waals surface area contributed by atoms with E-state index in [1.54, 1.807) is 6.07 Å². The van der Waals surface area contributed by atoms with Crippen LogP contribution in [0.3, 0.4) is 0 Å². The Kier molecular flexibility index (Phi) is 4.53. The maximum absolute atomic E-state index is 10.1. The van der Waals surface area contributed by atoms with Gasteiger partial charge in [-0.25, -0.2) is 0 Å². The smallest absolute Gasteiger partial charge is 0.163 e. The van der Waals surface area contributed by atoms with Crippen LogP contribution in [0.5, 0.6) is 17.2 Å². The lowest BCUT2D eigenvalue weighted by Crippen LogP contribution is -2.10. The lowest BCUT2D eigenvalue weighted by molar-refractivity contribution is 0.199. The van der Waals surface area contributed by atoms with E-state index in [1.165, 1.54) is 4.80 Å². The summed E-state index contributed by atoms with van der Waals surface area (Å²) in [6.45, 7) is 9.81. The van der Waals surface area contributed by atoms with E-state index in [0.29, 0.717) is 28.2 Å². The molecule has 0 atom stereocenters. The van der Waals surface area contributed by atoms with Crippen molar-refractivity contribution in [2.45, 2.75) is 46.8 Å². The van der Waals surface area contributed by atoms with Crippen molar-refractivity contribution in [1.29, 1.82) is 0 Å². The van der Waals surface area contributed by atoms with Gasteiger partial charge in [0, 0.05) is 12.1 Å². The molecule has 0 unspecified atom stereocenters. The Hall–Kier alpha value is -2.76. The van der Waals surface area contributed by atoms with Crippen LogP contribution in [0.15, 0.2) is 30.3 Å². The summed E-state index contributed by atoms with van der Waals surface area (Å²) in [5.41, 5.74) is 2.90. The molecular weight excluding hydrogens is 318 g/mol. The van der Waals surface area contributed by atoms with E-state index in [1.807, 2.05) is 58.9 Å². The van der Waals surface area contributed by atoms with E-state index < -0.39 is 0 Å². The van der Waals surface area contributed by atoms with E-state index in [-0.39, 0.29) is 18.0 Å². The molecule has 0 amide bonds. The minimum Gasteiger partial charge on any atom is -0.506 e. The molecule has 1 aromatic heterocycles. The summed E-state index contributed by atoms with van der Waals surface area (Å²) in [5, 5.41) is 19.1. The van der Waals surface area contributed by atoms with Crippen molar-refractivity contribution in [3.05, 3.63) is 35.9 Å². The third-order valence-corrected chi connectivity index (χ3v) is 3.52. The van der Waals surface area contributed by atoms with Crippen molar-refractivity contribution in [3.8, 4) is 22.9 Å². The molecule has 0 fully saturated rings. The van der Waals surface area contributed by atoms with Crippen LogP contribution in [0, 0.1) is 6.92 Å². The van der Waals surface area contributed by atoms with Gasteiger partial charge in [-0.1, -0.05) is 6.07 Å². The Morgan fingerprint density at radius 3 is 1.88 bits per heavy atom. The third-order valence-electron chi connectivity index (χ3n) is 3.52. The van der Waals surface area contributed by atoms with Gasteiger partial charge in [-0.05, 0) is 52.3 Å². The Bertz CT molecular complexity index is 853. The van der Waals surface area contributed by atoms with Gasteiger partial charge in [0.05, 0.1) is 12.2 Å². The highest BCUT2D eigenvalue weighted by atomic mass is 16.5. The Morgan fingerprint density at radius 2 is 1.40 bits per heavy atom. The quantitative estimate of drug-likeness (QED) is 0.759. The fraction of sp³-hybridized carbons (Fsp3) is 0.368. The first kappa shape index (κ1) is 17.1. The summed E-state index contributed by atoms with van der Waals surface area (Å²) >= 11 is 0. The molecule has 3 rings (SSSR count). The van der Waals surface area contributed by atoms with Gasteiger partial charge < -0.3 is 14.6 Å². The molecule has 1 N–H and O–H groups in total.